The van der Waals surface area contributed by atoms with Gasteiger partial charge in [0.1, 0.15) is 9.84 Å². The number of amides is 2. The molecule has 5 nitrogen and oxygen atoms in total. The standard InChI is InChI=1S/C15H24N2O3S2/c1-11(10-22(5,19)20)17(3)15(18)16-12(2)13-6-8-14(21-4)9-7-13/h6-9,11-12H,10H2,1-5H3,(H,16,18)/t11-,12-/m0/s1. The van der Waals surface area contributed by atoms with Gasteiger partial charge in [-0.3, -0.25) is 0 Å². The Balaban J connectivity index is 2.66. The number of hydrogen-bond acceptors (Lipinski definition) is 4. The lowest BCUT2D eigenvalue weighted by Gasteiger charge is -2.26. The van der Waals surface area contributed by atoms with Crippen LogP contribution in [0.4, 0.5) is 4.79 Å². The van der Waals surface area contributed by atoms with Gasteiger partial charge in [-0.15, -0.1) is 11.8 Å². The molecule has 1 N–H and O–H groups in total. The lowest BCUT2D eigenvalue weighted by atomic mass is 10.1. The molecule has 0 radical (unpaired) electrons. The third-order valence-electron chi connectivity index (χ3n) is 3.48. The molecule has 0 aliphatic rings. The van der Waals surface area contributed by atoms with E-state index >= 15 is 0 Å². The molecular weight excluding hydrogens is 320 g/mol. The van der Waals surface area contributed by atoms with E-state index in [1.807, 2.05) is 37.4 Å². The Morgan fingerprint density at radius 3 is 2.27 bits per heavy atom. The number of hydrogen-bond donors (Lipinski definition) is 1. The Morgan fingerprint density at radius 2 is 1.82 bits per heavy atom. The number of rotatable bonds is 6. The first-order chi connectivity index (χ1) is 10.1. The van der Waals surface area contributed by atoms with Crippen LogP contribution in [0.15, 0.2) is 29.2 Å². The second-order valence-electron chi connectivity index (χ2n) is 5.50. The summed E-state index contributed by atoms with van der Waals surface area (Å²) >= 11 is 1.66. The van der Waals surface area contributed by atoms with Crippen LogP contribution >= 0.6 is 11.8 Å². The molecule has 2 atom stereocenters. The predicted molar refractivity (Wildman–Crippen MR) is 92.1 cm³/mol. The summed E-state index contributed by atoms with van der Waals surface area (Å²) < 4.78 is 22.6. The molecule has 0 heterocycles. The highest BCUT2D eigenvalue weighted by atomic mass is 32.2. The van der Waals surface area contributed by atoms with Gasteiger partial charge < -0.3 is 10.2 Å². The fourth-order valence-corrected chi connectivity index (χ4v) is 3.52. The number of nitrogens with one attached hydrogen (secondary N) is 1. The van der Waals surface area contributed by atoms with Crippen LogP contribution in [-0.4, -0.2) is 50.7 Å². The van der Waals surface area contributed by atoms with E-state index in [0.29, 0.717) is 0 Å². The van der Waals surface area contributed by atoms with E-state index in [2.05, 4.69) is 5.32 Å². The van der Waals surface area contributed by atoms with E-state index in [-0.39, 0.29) is 23.9 Å². The molecule has 1 aromatic rings. The van der Waals surface area contributed by atoms with Crippen molar-refractivity contribution >= 4 is 27.6 Å². The lowest BCUT2D eigenvalue weighted by Crippen LogP contribution is -2.45. The van der Waals surface area contributed by atoms with E-state index in [1.165, 1.54) is 16.1 Å². The van der Waals surface area contributed by atoms with Crippen LogP contribution in [0, 0.1) is 0 Å². The summed E-state index contributed by atoms with van der Waals surface area (Å²) in [4.78, 5) is 14.8. The van der Waals surface area contributed by atoms with Crippen molar-refractivity contribution in [3.8, 4) is 0 Å². The SMILES string of the molecule is CSc1ccc([C@H](C)NC(=O)N(C)[C@@H](C)CS(C)(=O)=O)cc1. The van der Waals surface area contributed by atoms with Gasteiger partial charge in [0, 0.05) is 24.2 Å². The lowest BCUT2D eigenvalue weighted by molar-refractivity contribution is 0.195. The maximum absolute atomic E-state index is 12.2. The monoisotopic (exact) mass is 344 g/mol. The van der Waals surface area contributed by atoms with Crippen molar-refractivity contribution in [2.75, 3.05) is 25.3 Å². The molecule has 2 amide bonds. The van der Waals surface area contributed by atoms with Crippen molar-refractivity contribution < 1.29 is 13.2 Å². The van der Waals surface area contributed by atoms with Crippen molar-refractivity contribution in [2.24, 2.45) is 0 Å². The normalized spacial score (nSPS) is 14.2. The van der Waals surface area contributed by atoms with Gasteiger partial charge in [-0.25, -0.2) is 13.2 Å². The molecule has 0 aliphatic heterocycles. The number of thioether (sulfide) groups is 1. The third-order valence-corrected chi connectivity index (χ3v) is 5.31. The van der Waals surface area contributed by atoms with Crippen LogP contribution in [0.1, 0.15) is 25.5 Å². The molecule has 0 saturated heterocycles. The molecule has 1 aromatic carbocycles. The number of sulfone groups is 1. The second kappa shape index (κ2) is 7.87. The van der Waals surface area contributed by atoms with Crippen LogP contribution < -0.4 is 5.32 Å². The van der Waals surface area contributed by atoms with Crippen LogP contribution in [0.5, 0.6) is 0 Å². The first-order valence-electron chi connectivity index (χ1n) is 6.99. The summed E-state index contributed by atoms with van der Waals surface area (Å²) in [5.41, 5.74) is 1.01. The summed E-state index contributed by atoms with van der Waals surface area (Å²) in [6, 6.07) is 7.19. The Kier molecular flexibility index (Phi) is 6.74. The van der Waals surface area contributed by atoms with Gasteiger partial charge in [0.2, 0.25) is 0 Å². The summed E-state index contributed by atoms with van der Waals surface area (Å²) in [7, 11) is -1.51. The zero-order chi connectivity index (χ0) is 16.9. The molecule has 124 valence electrons. The highest BCUT2D eigenvalue weighted by Crippen LogP contribution is 2.19. The van der Waals surface area contributed by atoms with E-state index in [0.717, 1.165) is 5.56 Å². The van der Waals surface area contributed by atoms with E-state index in [9.17, 15) is 13.2 Å². The summed E-state index contributed by atoms with van der Waals surface area (Å²) in [6.45, 7) is 3.62. The largest absolute Gasteiger partial charge is 0.331 e. The second-order valence-corrected chi connectivity index (χ2v) is 8.56. The molecule has 0 unspecified atom stereocenters. The van der Waals surface area contributed by atoms with Crippen LogP contribution in [0.2, 0.25) is 0 Å². The molecule has 0 aromatic heterocycles. The van der Waals surface area contributed by atoms with Crippen LogP contribution in [0.3, 0.4) is 0 Å². The molecule has 0 spiro atoms. The van der Waals surface area contributed by atoms with Gasteiger partial charge in [0.25, 0.3) is 0 Å². The van der Waals surface area contributed by atoms with Crippen LogP contribution in [0.25, 0.3) is 0 Å². The van der Waals surface area contributed by atoms with E-state index in [4.69, 9.17) is 0 Å². The fourth-order valence-electron chi connectivity index (χ4n) is 2.01. The molecule has 0 aliphatic carbocycles. The Bertz CT molecular complexity index is 600. The summed E-state index contributed by atoms with van der Waals surface area (Å²) in [6.07, 6.45) is 3.18. The maximum Gasteiger partial charge on any atom is 0.317 e. The Hall–Kier alpha value is -1.21. The van der Waals surface area contributed by atoms with Crippen molar-refractivity contribution in [1.82, 2.24) is 10.2 Å². The summed E-state index contributed by atoms with van der Waals surface area (Å²) in [5, 5.41) is 2.89. The number of carbonyl (C=O) groups excluding carboxylic acids is 1. The average molecular weight is 345 g/mol. The quantitative estimate of drug-likeness (QED) is 0.806. The molecular formula is C15H24N2O3S2. The van der Waals surface area contributed by atoms with E-state index < -0.39 is 9.84 Å². The highest BCUT2D eigenvalue weighted by molar-refractivity contribution is 7.98. The third kappa shape index (κ3) is 5.88. The van der Waals surface area contributed by atoms with Gasteiger partial charge >= 0.3 is 6.03 Å². The van der Waals surface area contributed by atoms with Gasteiger partial charge in [-0.2, -0.15) is 0 Å². The van der Waals surface area contributed by atoms with Crippen LogP contribution in [-0.2, 0) is 9.84 Å². The van der Waals surface area contributed by atoms with Gasteiger partial charge in [0.05, 0.1) is 11.8 Å². The molecule has 1 rings (SSSR count). The van der Waals surface area contributed by atoms with Gasteiger partial charge in [-0.1, -0.05) is 12.1 Å². The van der Waals surface area contributed by atoms with Gasteiger partial charge in [0.15, 0.2) is 0 Å². The molecule has 0 fully saturated rings. The predicted octanol–water partition coefficient (Wildman–Crippen LogP) is 2.54. The first-order valence-corrected chi connectivity index (χ1v) is 10.3. The minimum atomic E-state index is -3.11. The zero-order valence-electron chi connectivity index (χ0n) is 13.7. The topological polar surface area (TPSA) is 66.5 Å². The zero-order valence-corrected chi connectivity index (χ0v) is 15.3. The minimum absolute atomic E-state index is 0.0479. The molecule has 0 saturated carbocycles. The fraction of sp³-hybridized carbons (Fsp3) is 0.533. The number of benzene rings is 1. The number of urea groups is 1. The molecule has 7 heteroatoms. The molecule has 22 heavy (non-hydrogen) atoms. The summed E-state index contributed by atoms with van der Waals surface area (Å²) in [5.74, 6) is -0.0479. The minimum Gasteiger partial charge on any atom is -0.331 e. The van der Waals surface area contributed by atoms with Crippen molar-refractivity contribution in [3.63, 3.8) is 0 Å². The maximum atomic E-state index is 12.2. The smallest absolute Gasteiger partial charge is 0.317 e. The van der Waals surface area contributed by atoms with E-state index in [1.54, 1.807) is 25.7 Å². The van der Waals surface area contributed by atoms with Crippen molar-refractivity contribution in [2.45, 2.75) is 30.8 Å². The Morgan fingerprint density at radius 1 is 1.27 bits per heavy atom. The number of carbonyl (C=O) groups is 1. The Labute approximate surface area is 137 Å². The van der Waals surface area contributed by atoms with Crippen molar-refractivity contribution in [3.05, 3.63) is 29.8 Å². The number of nitrogens with zero attached hydrogens (tertiary/aromatic N) is 1. The first kappa shape index (κ1) is 18.8. The van der Waals surface area contributed by atoms with Crippen molar-refractivity contribution in [1.29, 1.82) is 0 Å². The average Bonchev–Trinajstić information content (AvgIpc) is 2.44. The van der Waals surface area contributed by atoms with Gasteiger partial charge in [-0.05, 0) is 37.8 Å². The highest BCUT2D eigenvalue weighted by Gasteiger charge is 2.21. The molecule has 0 bridgehead atoms.